The van der Waals surface area contributed by atoms with Gasteiger partial charge < -0.3 is 10.1 Å². The quantitative estimate of drug-likeness (QED) is 0.272. The Bertz CT molecular complexity index is 202. The predicted octanol–water partition coefficient (Wildman–Crippen LogP) is 0.230. The molecule has 1 fully saturated rings. The minimum Gasteiger partial charge on any atom is -0.381 e. The average Bonchev–Trinajstić information content (AvgIpc) is 2.29. The molecule has 1 saturated heterocycles. The van der Waals surface area contributed by atoms with Crippen LogP contribution in [0, 0.1) is 5.92 Å². The Morgan fingerprint density at radius 3 is 2.73 bits per heavy atom. The van der Waals surface area contributed by atoms with E-state index in [1.54, 1.807) is 0 Å². The van der Waals surface area contributed by atoms with E-state index in [4.69, 9.17) is 10.6 Å². The fourth-order valence-electron chi connectivity index (χ4n) is 1.84. The van der Waals surface area contributed by atoms with Crippen LogP contribution in [0.1, 0.15) is 26.7 Å². The lowest BCUT2D eigenvalue weighted by molar-refractivity contribution is 0.0581. The lowest BCUT2D eigenvalue weighted by atomic mass is 9.93. The van der Waals surface area contributed by atoms with Gasteiger partial charge in [0.2, 0.25) is 5.96 Å². The third-order valence-electron chi connectivity index (χ3n) is 2.79. The summed E-state index contributed by atoms with van der Waals surface area (Å²) in [4.78, 5) is 4.22. The molecule has 88 valence electrons. The van der Waals surface area contributed by atoms with E-state index in [0.717, 1.165) is 32.6 Å². The van der Waals surface area contributed by atoms with Crippen molar-refractivity contribution in [1.29, 1.82) is 0 Å². The lowest BCUT2D eigenvalue weighted by Gasteiger charge is -2.29. The number of hydrazine groups is 1. The van der Waals surface area contributed by atoms with E-state index < -0.39 is 0 Å². The summed E-state index contributed by atoms with van der Waals surface area (Å²) >= 11 is 0. The maximum atomic E-state index is 5.37. The van der Waals surface area contributed by atoms with Crippen molar-refractivity contribution in [2.45, 2.75) is 32.7 Å². The van der Waals surface area contributed by atoms with Crippen molar-refractivity contribution in [2.75, 3.05) is 19.8 Å². The third kappa shape index (κ3) is 4.05. The molecule has 0 saturated carbocycles. The summed E-state index contributed by atoms with van der Waals surface area (Å²) < 4.78 is 5.33. The molecule has 1 atom stereocenters. The molecule has 1 aliphatic rings. The molecule has 0 aromatic heterocycles. The summed E-state index contributed by atoms with van der Waals surface area (Å²) in [5.74, 6) is 6.69. The average molecular weight is 214 g/mol. The van der Waals surface area contributed by atoms with Crippen molar-refractivity contribution in [3.63, 3.8) is 0 Å². The van der Waals surface area contributed by atoms with E-state index in [2.05, 4.69) is 22.7 Å². The Morgan fingerprint density at radius 1 is 1.53 bits per heavy atom. The monoisotopic (exact) mass is 214 g/mol. The molecular weight excluding hydrogens is 192 g/mol. The molecular formula is C10H22N4O. The molecule has 1 rings (SSSR count). The number of nitrogens with two attached hydrogens (primary N) is 1. The number of hydrogen-bond donors (Lipinski definition) is 3. The molecule has 0 bridgehead atoms. The number of ether oxygens (including phenoxy) is 1. The molecule has 15 heavy (non-hydrogen) atoms. The summed E-state index contributed by atoms with van der Waals surface area (Å²) in [5, 5.41) is 3.30. The Morgan fingerprint density at radius 2 is 2.20 bits per heavy atom. The first-order valence-electron chi connectivity index (χ1n) is 5.63. The number of nitrogens with zero attached hydrogens (tertiary/aromatic N) is 1. The van der Waals surface area contributed by atoms with Gasteiger partial charge in [0.15, 0.2) is 0 Å². The van der Waals surface area contributed by atoms with Crippen molar-refractivity contribution < 1.29 is 4.74 Å². The molecule has 1 unspecified atom stereocenters. The first-order chi connectivity index (χ1) is 7.27. The van der Waals surface area contributed by atoms with E-state index in [1.165, 1.54) is 0 Å². The molecule has 0 aromatic rings. The van der Waals surface area contributed by atoms with E-state index in [1.807, 2.05) is 6.92 Å². The summed E-state index contributed by atoms with van der Waals surface area (Å²) in [6, 6.07) is 0.384. The Hall–Kier alpha value is -0.810. The highest BCUT2D eigenvalue weighted by Crippen LogP contribution is 2.18. The molecule has 0 radical (unpaired) electrons. The van der Waals surface area contributed by atoms with Gasteiger partial charge in [0.05, 0.1) is 0 Å². The molecule has 0 aromatic carbocycles. The van der Waals surface area contributed by atoms with Crippen LogP contribution in [0.4, 0.5) is 0 Å². The summed E-state index contributed by atoms with van der Waals surface area (Å²) in [5.41, 5.74) is 2.58. The largest absolute Gasteiger partial charge is 0.381 e. The summed E-state index contributed by atoms with van der Waals surface area (Å²) in [7, 11) is 0. The number of nitrogens with one attached hydrogen (secondary N) is 2. The van der Waals surface area contributed by atoms with Crippen LogP contribution in [0.15, 0.2) is 4.99 Å². The molecule has 0 aliphatic carbocycles. The second-order valence-corrected chi connectivity index (χ2v) is 3.85. The highest BCUT2D eigenvalue weighted by Gasteiger charge is 2.20. The molecule has 0 spiro atoms. The number of hydrogen-bond acceptors (Lipinski definition) is 3. The molecule has 5 heteroatoms. The fourth-order valence-corrected chi connectivity index (χ4v) is 1.84. The second-order valence-electron chi connectivity index (χ2n) is 3.85. The first-order valence-corrected chi connectivity index (χ1v) is 5.63. The zero-order valence-corrected chi connectivity index (χ0v) is 9.62. The highest BCUT2D eigenvalue weighted by atomic mass is 16.5. The van der Waals surface area contributed by atoms with Crippen molar-refractivity contribution in [3.8, 4) is 0 Å². The molecule has 5 nitrogen and oxygen atoms in total. The van der Waals surface area contributed by atoms with Crippen LogP contribution in [-0.4, -0.2) is 31.8 Å². The number of rotatable bonds is 3. The SMILES string of the molecule is CCN=C(NN)NC(C)C1CCOCC1. The van der Waals surface area contributed by atoms with E-state index >= 15 is 0 Å². The zero-order valence-electron chi connectivity index (χ0n) is 9.62. The van der Waals surface area contributed by atoms with Gasteiger partial charge in [0, 0.05) is 25.8 Å². The van der Waals surface area contributed by atoms with Gasteiger partial charge in [0.1, 0.15) is 0 Å². The normalized spacial score (nSPS) is 21.1. The topological polar surface area (TPSA) is 71.7 Å². The Labute approximate surface area is 91.4 Å². The van der Waals surface area contributed by atoms with Gasteiger partial charge in [0.25, 0.3) is 0 Å². The molecule has 1 heterocycles. The van der Waals surface area contributed by atoms with Crippen molar-refractivity contribution in [1.82, 2.24) is 10.7 Å². The lowest BCUT2D eigenvalue weighted by Crippen LogP contribution is -2.48. The highest BCUT2D eigenvalue weighted by molar-refractivity contribution is 5.79. The van der Waals surface area contributed by atoms with Crippen molar-refractivity contribution >= 4 is 5.96 Å². The predicted molar refractivity (Wildman–Crippen MR) is 61.4 cm³/mol. The van der Waals surface area contributed by atoms with E-state index in [0.29, 0.717) is 17.9 Å². The van der Waals surface area contributed by atoms with Gasteiger partial charge in [-0.25, -0.2) is 5.84 Å². The van der Waals surface area contributed by atoms with Gasteiger partial charge >= 0.3 is 0 Å². The number of guanidine groups is 1. The summed E-state index contributed by atoms with van der Waals surface area (Å²) in [6.07, 6.45) is 2.22. The minimum atomic E-state index is 0.384. The van der Waals surface area contributed by atoms with Crippen LogP contribution in [0.25, 0.3) is 0 Å². The van der Waals surface area contributed by atoms with Crippen LogP contribution in [0.3, 0.4) is 0 Å². The van der Waals surface area contributed by atoms with Crippen LogP contribution >= 0.6 is 0 Å². The van der Waals surface area contributed by atoms with Gasteiger partial charge in [-0.2, -0.15) is 0 Å². The third-order valence-corrected chi connectivity index (χ3v) is 2.79. The van der Waals surface area contributed by atoms with Crippen LogP contribution in [0.2, 0.25) is 0 Å². The fraction of sp³-hybridized carbons (Fsp3) is 0.900. The first kappa shape index (κ1) is 12.3. The summed E-state index contributed by atoms with van der Waals surface area (Å²) in [6.45, 7) is 6.61. The van der Waals surface area contributed by atoms with Gasteiger partial charge in [-0.05, 0) is 32.6 Å². The van der Waals surface area contributed by atoms with Crippen molar-refractivity contribution in [3.05, 3.63) is 0 Å². The van der Waals surface area contributed by atoms with Gasteiger partial charge in [-0.1, -0.05) is 0 Å². The molecule has 0 amide bonds. The maximum Gasteiger partial charge on any atom is 0.205 e. The van der Waals surface area contributed by atoms with Crippen molar-refractivity contribution in [2.24, 2.45) is 16.8 Å². The zero-order chi connectivity index (χ0) is 11.1. The number of aliphatic imine (C=N–C) groups is 1. The standard InChI is InChI=1S/C10H22N4O/c1-3-12-10(14-11)13-8(2)9-4-6-15-7-5-9/h8-9H,3-7,11H2,1-2H3,(H2,12,13,14). The van der Waals surface area contributed by atoms with E-state index in [9.17, 15) is 0 Å². The van der Waals surface area contributed by atoms with Crippen LogP contribution in [-0.2, 0) is 4.74 Å². The molecule has 4 N–H and O–H groups in total. The Balaban J connectivity index is 2.38. The van der Waals surface area contributed by atoms with Gasteiger partial charge in [-0.3, -0.25) is 10.4 Å². The Kier molecular flexibility index (Phi) is 5.42. The van der Waals surface area contributed by atoms with Crippen LogP contribution in [0.5, 0.6) is 0 Å². The van der Waals surface area contributed by atoms with Gasteiger partial charge in [-0.15, -0.1) is 0 Å². The minimum absolute atomic E-state index is 0.384. The van der Waals surface area contributed by atoms with E-state index in [-0.39, 0.29) is 0 Å². The molecule has 1 aliphatic heterocycles. The smallest absolute Gasteiger partial charge is 0.205 e. The maximum absolute atomic E-state index is 5.37. The van der Waals surface area contributed by atoms with Crippen LogP contribution < -0.4 is 16.6 Å². The second kappa shape index (κ2) is 6.63.